The standard InChI is InChI=1S/C23H30N4O/c1-18-3-2-4-22(17-18)26-15-9-21(10-16-26)25-23(28)27-13-7-20(8-14-27)19-5-11-24-12-6-19/h2-6,11-12,17,20-21H,7-10,13-16H2,1H3,(H,25,28). The second-order valence-corrected chi connectivity index (χ2v) is 8.09. The number of aryl methyl sites for hydroxylation is 1. The van der Waals surface area contributed by atoms with Gasteiger partial charge in [-0.05, 0) is 73.9 Å². The van der Waals surface area contributed by atoms with Crippen molar-refractivity contribution in [3.05, 3.63) is 59.9 Å². The number of carbonyl (C=O) groups excluding carboxylic acids is 1. The zero-order chi connectivity index (χ0) is 19.3. The molecule has 0 radical (unpaired) electrons. The fourth-order valence-electron chi connectivity index (χ4n) is 4.42. The minimum absolute atomic E-state index is 0.113. The molecule has 2 amide bonds. The Morgan fingerprint density at radius 3 is 2.39 bits per heavy atom. The zero-order valence-corrected chi connectivity index (χ0v) is 16.7. The number of carbonyl (C=O) groups is 1. The molecule has 2 aliphatic heterocycles. The van der Waals surface area contributed by atoms with Crippen molar-refractivity contribution in [1.82, 2.24) is 15.2 Å². The minimum Gasteiger partial charge on any atom is -0.371 e. The summed E-state index contributed by atoms with van der Waals surface area (Å²) < 4.78 is 0. The van der Waals surface area contributed by atoms with Crippen LogP contribution in [0.25, 0.3) is 0 Å². The van der Waals surface area contributed by atoms with E-state index in [1.165, 1.54) is 16.8 Å². The van der Waals surface area contributed by atoms with E-state index in [0.717, 1.165) is 51.9 Å². The van der Waals surface area contributed by atoms with Crippen molar-refractivity contribution < 1.29 is 4.79 Å². The second kappa shape index (κ2) is 8.63. The Balaban J connectivity index is 1.23. The summed E-state index contributed by atoms with van der Waals surface area (Å²) in [5.74, 6) is 0.546. The minimum atomic E-state index is 0.113. The Morgan fingerprint density at radius 2 is 1.71 bits per heavy atom. The predicted octanol–water partition coefficient (Wildman–Crippen LogP) is 3.95. The highest BCUT2D eigenvalue weighted by atomic mass is 16.2. The highest BCUT2D eigenvalue weighted by molar-refractivity contribution is 5.74. The first-order valence-corrected chi connectivity index (χ1v) is 10.5. The number of nitrogens with zero attached hydrogens (tertiary/aromatic N) is 3. The first kappa shape index (κ1) is 18.8. The van der Waals surface area contributed by atoms with Gasteiger partial charge in [-0.15, -0.1) is 0 Å². The third-order valence-electron chi connectivity index (χ3n) is 6.15. The van der Waals surface area contributed by atoms with E-state index in [0.29, 0.717) is 5.92 Å². The molecular formula is C23H30N4O. The summed E-state index contributed by atoms with van der Waals surface area (Å²) in [6.07, 6.45) is 7.79. The number of nitrogens with one attached hydrogen (secondary N) is 1. The van der Waals surface area contributed by atoms with E-state index in [4.69, 9.17) is 0 Å². The fourth-order valence-corrected chi connectivity index (χ4v) is 4.42. The normalized spacial score (nSPS) is 18.9. The second-order valence-electron chi connectivity index (χ2n) is 8.09. The van der Waals surface area contributed by atoms with Gasteiger partial charge in [-0.2, -0.15) is 0 Å². The lowest BCUT2D eigenvalue weighted by atomic mass is 9.90. The molecule has 3 heterocycles. The molecule has 0 unspecified atom stereocenters. The van der Waals surface area contributed by atoms with Crippen molar-refractivity contribution in [3.8, 4) is 0 Å². The first-order chi connectivity index (χ1) is 13.7. The van der Waals surface area contributed by atoms with Crippen molar-refractivity contribution in [1.29, 1.82) is 0 Å². The number of anilines is 1. The van der Waals surface area contributed by atoms with Gasteiger partial charge in [0, 0.05) is 50.3 Å². The fraction of sp³-hybridized carbons (Fsp3) is 0.478. The molecule has 0 atom stereocenters. The average molecular weight is 379 g/mol. The third-order valence-corrected chi connectivity index (χ3v) is 6.15. The number of aromatic nitrogens is 1. The van der Waals surface area contributed by atoms with E-state index in [2.05, 4.69) is 58.5 Å². The molecule has 0 saturated carbocycles. The van der Waals surface area contributed by atoms with E-state index in [1.54, 1.807) is 0 Å². The largest absolute Gasteiger partial charge is 0.371 e. The summed E-state index contributed by atoms with van der Waals surface area (Å²) in [5, 5.41) is 3.28. The number of hydrogen-bond donors (Lipinski definition) is 1. The molecule has 0 aliphatic carbocycles. The third kappa shape index (κ3) is 4.46. The van der Waals surface area contributed by atoms with Gasteiger partial charge in [-0.3, -0.25) is 4.98 Å². The molecule has 1 aromatic carbocycles. The number of benzene rings is 1. The maximum Gasteiger partial charge on any atom is 0.317 e. The lowest BCUT2D eigenvalue weighted by Gasteiger charge is -2.37. The highest BCUT2D eigenvalue weighted by Crippen LogP contribution is 2.27. The lowest BCUT2D eigenvalue weighted by Crippen LogP contribution is -2.50. The van der Waals surface area contributed by atoms with E-state index in [1.807, 2.05) is 17.3 Å². The van der Waals surface area contributed by atoms with Crippen LogP contribution in [0.1, 0.15) is 42.7 Å². The molecule has 0 bridgehead atoms. The maximum atomic E-state index is 12.7. The van der Waals surface area contributed by atoms with Crippen molar-refractivity contribution in [2.45, 2.75) is 44.6 Å². The SMILES string of the molecule is Cc1cccc(N2CCC(NC(=O)N3CCC(c4ccncc4)CC3)CC2)c1. The quantitative estimate of drug-likeness (QED) is 0.880. The van der Waals surface area contributed by atoms with Crippen LogP contribution in [0, 0.1) is 6.92 Å². The number of urea groups is 1. The predicted molar refractivity (Wildman–Crippen MR) is 113 cm³/mol. The molecule has 1 aromatic heterocycles. The van der Waals surface area contributed by atoms with Crippen LogP contribution in [-0.2, 0) is 0 Å². The van der Waals surface area contributed by atoms with Gasteiger partial charge in [0.1, 0.15) is 0 Å². The van der Waals surface area contributed by atoms with Crippen molar-refractivity contribution in [3.63, 3.8) is 0 Å². The van der Waals surface area contributed by atoms with Gasteiger partial charge in [0.05, 0.1) is 0 Å². The molecule has 5 nitrogen and oxygen atoms in total. The molecule has 2 saturated heterocycles. The lowest BCUT2D eigenvalue weighted by molar-refractivity contribution is 0.175. The number of amides is 2. The molecule has 2 aliphatic rings. The average Bonchev–Trinajstić information content (AvgIpc) is 2.75. The number of likely N-dealkylation sites (tertiary alicyclic amines) is 1. The summed E-state index contributed by atoms with van der Waals surface area (Å²) in [6.45, 7) is 5.80. The Hall–Kier alpha value is -2.56. The van der Waals surface area contributed by atoms with Crippen LogP contribution in [0.15, 0.2) is 48.8 Å². The van der Waals surface area contributed by atoms with Crippen LogP contribution >= 0.6 is 0 Å². The van der Waals surface area contributed by atoms with Crippen molar-refractivity contribution in [2.24, 2.45) is 0 Å². The maximum absolute atomic E-state index is 12.7. The van der Waals surface area contributed by atoms with E-state index < -0.39 is 0 Å². The van der Waals surface area contributed by atoms with Crippen LogP contribution < -0.4 is 10.2 Å². The van der Waals surface area contributed by atoms with E-state index in [-0.39, 0.29) is 12.1 Å². The summed E-state index contributed by atoms with van der Waals surface area (Å²) >= 11 is 0. The zero-order valence-electron chi connectivity index (χ0n) is 16.7. The molecule has 1 N–H and O–H groups in total. The van der Waals surface area contributed by atoms with Gasteiger partial charge in [0.15, 0.2) is 0 Å². The van der Waals surface area contributed by atoms with Crippen LogP contribution in [0.2, 0.25) is 0 Å². The molecule has 28 heavy (non-hydrogen) atoms. The van der Waals surface area contributed by atoms with Gasteiger partial charge < -0.3 is 15.1 Å². The molecule has 5 heteroatoms. The molecule has 2 fully saturated rings. The molecule has 0 spiro atoms. The Morgan fingerprint density at radius 1 is 1.00 bits per heavy atom. The van der Waals surface area contributed by atoms with E-state index in [9.17, 15) is 4.79 Å². The van der Waals surface area contributed by atoms with Gasteiger partial charge >= 0.3 is 6.03 Å². The van der Waals surface area contributed by atoms with Crippen LogP contribution in [0.5, 0.6) is 0 Å². The van der Waals surface area contributed by atoms with Crippen LogP contribution in [-0.4, -0.2) is 48.1 Å². The Bertz CT molecular complexity index is 778. The number of hydrogen-bond acceptors (Lipinski definition) is 3. The van der Waals surface area contributed by atoms with E-state index >= 15 is 0 Å². The van der Waals surface area contributed by atoms with Crippen LogP contribution in [0.3, 0.4) is 0 Å². The van der Waals surface area contributed by atoms with Gasteiger partial charge in [0.2, 0.25) is 0 Å². The summed E-state index contributed by atoms with van der Waals surface area (Å²) in [7, 11) is 0. The van der Waals surface area contributed by atoms with Crippen molar-refractivity contribution in [2.75, 3.05) is 31.1 Å². The summed E-state index contributed by atoms with van der Waals surface area (Å²) in [4.78, 5) is 21.2. The van der Waals surface area contributed by atoms with Gasteiger partial charge in [-0.1, -0.05) is 12.1 Å². The monoisotopic (exact) mass is 378 g/mol. The van der Waals surface area contributed by atoms with Gasteiger partial charge in [-0.25, -0.2) is 4.79 Å². The molecule has 2 aromatic rings. The highest BCUT2D eigenvalue weighted by Gasteiger charge is 2.26. The Labute approximate surface area is 167 Å². The molecule has 148 valence electrons. The Kier molecular flexibility index (Phi) is 5.79. The topological polar surface area (TPSA) is 48.5 Å². The smallest absolute Gasteiger partial charge is 0.317 e. The van der Waals surface area contributed by atoms with Crippen LogP contribution in [0.4, 0.5) is 10.5 Å². The first-order valence-electron chi connectivity index (χ1n) is 10.5. The number of pyridine rings is 1. The summed E-state index contributed by atoms with van der Waals surface area (Å²) in [5.41, 5.74) is 3.93. The summed E-state index contributed by atoms with van der Waals surface area (Å²) in [6, 6.07) is 13.3. The van der Waals surface area contributed by atoms with Crippen molar-refractivity contribution >= 4 is 11.7 Å². The number of rotatable bonds is 3. The number of piperidine rings is 2. The molecule has 4 rings (SSSR count). The molecular weight excluding hydrogens is 348 g/mol. The van der Waals surface area contributed by atoms with Gasteiger partial charge in [0.25, 0.3) is 0 Å².